The van der Waals surface area contributed by atoms with Gasteiger partial charge in [0.25, 0.3) is 0 Å². The van der Waals surface area contributed by atoms with E-state index in [4.69, 9.17) is 4.74 Å². The molecule has 4 rings (SSSR count). The Morgan fingerprint density at radius 3 is 2.58 bits per heavy atom. The number of hydrogen-bond donors (Lipinski definition) is 1. The molecule has 1 fully saturated rings. The highest BCUT2D eigenvalue weighted by Crippen LogP contribution is 2.28. The molecule has 38 heavy (non-hydrogen) atoms. The van der Waals surface area contributed by atoms with Crippen LogP contribution in [-0.4, -0.2) is 30.1 Å². The molecule has 0 unspecified atom stereocenters. The van der Waals surface area contributed by atoms with E-state index in [9.17, 15) is 18.8 Å². The molecule has 2 bridgehead atoms. The van der Waals surface area contributed by atoms with Crippen LogP contribution in [-0.2, 0) is 27.2 Å². The first-order valence-corrected chi connectivity index (χ1v) is 13.9. The number of halogens is 1. The molecule has 1 saturated carbocycles. The Hall–Kier alpha value is -3.28. The summed E-state index contributed by atoms with van der Waals surface area (Å²) >= 11 is 0. The monoisotopic (exact) mass is 519 g/mol. The normalized spacial score (nSPS) is 22.4. The van der Waals surface area contributed by atoms with Gasteiger partial charge in [-0.05, 0) is 67.0 Å². The van der Waals surface area contributed by atoms with Gasteiger partial charge in [-0.25, -0.2) is 4.39 Å². The summed E-state index contributed by atoms with van der Waals surface area (Å²) in [5.74, 6) is 0.0632. The van der Waals surface area contributed by atoms with Gasteiger partial charge >= 0.3 is 0 Å². The number of carbonyl (C=O) groups excluding carboxylic acids is 3. The molecule has 1 heterocycles. The largest absolute Gasteiger partial charge is 0.490 e. The van der Waals surface area contributed by atoms with Gasteiger partial charge in [0.2, 0.25) is 5.91 Å². The summed E-state index contributed by atoms with van der Waals surface area (Å²) in [5.41, 5.74) is 1.92. The highest BCUT2D eigenvalue weighted by Gasteiger charge is 2.28. The predicted octanol–water partition coefficient (Wildman–Crippen LogP) is 5.94. The Morgan fingerprint density at radius 1 is 1.00 bits per heavy atom. The van der Waals surface area contributed by atoms with Gasteiger partial charge in [-0.1, -0.05) is 62.1 Å². The van der Waals surface area contributed by atoms with Gasteiger partial charge in [0.1, 0.15) is 24.0 Å². The second kappa shape index (κ2) is 14.0. The lowest BCUT2D eigenvalue weighted by Gasteiger charge is -2.22. The minimum Gasteiger partial charge on any atom is -0.490 e. The van der Waals surface area contributed by atoms with Gasteiger partial charge in [0.05, 0.1) is 6.04 Å². The standard InChI is InChI=1S/C32H38FNO4/c33-27-16-12-23(13-17-27)11-15-26-22-28(35)18-14-25-8-5-9-29(20-25)38-19-4-3-10-30(34-32(26)37)31(36)21-24-6-1-2-7-24/h3-5,8-9,12-13,16-17,20,24,26,30H,1-2,6-7,10-11,14-15,18-19,21-22H2,(H,34,37)/b4-3+/t26-,30+/m1/s1. The molecule has 2 aliphatic rings. The van der Waals surface area contributed by atoms with Crippen molar-refractivity contribution < 1.29 is 23.5 Å². The molecule has 2 aromatic carbocycles. The van der Waals surface area contributed by atoms with E-state index in [1.807, 2.05) is 36.4 Å². The van der Waals surface area contributed by atoms with Crippen molar-refractivity contribution in [3.05, 3.63) is 77.6 Å². The molecule has 0 spiro atoms. The molecule has 0 aromatic heterocycles. The molecule has 2 atom stereocenters. The van der Waals surface area contributed by atoms with Crippen LogP contribution in [0.1, 0.15) is 68.9 Å². The van der Waals surface area contributed by atoms with Crippen molar-refractivity contribution in [2.75, 3.05) is 6.61 Å². The zero-order chi connectivity index (χ0) is 26.7. The number of fused-ring (bicyclic) bond motifs is 2. The van der Waals surface area contributed by atoms with E-state index in [2.05, 4.69) is 5.32 Å². The number of aryl methyl sites for hydroxylation is 2. The van der Waals surface area contributed by atoms with Crippen molar-refractivity contribution in [2.45, 2.75) is 76.7 Å². The molecule has 1 aliphatic heterocycles. The SMILES string of the molecule is O=C1CCc2cccc(c2)OC/C=C/C[C@@H](C(=O)CC2CCCC2)NC(=O)[C@H](CCc2ccc(F)cc2)C1. The fourth-order valence-corrected chi connectivity index (χ4v) is 5.42. The van der Waals surface area contributed by atoms with Crippen LogP contribution in [0.25, 0.3) is 0 Å². The lowest BCUT2D eigenvalue weighted by Crippen LogP contribution is -2.44. The number of Topliss-reactive ketones (excluding diaryl/α,β-unsaturated/α-hetero) is 2. The van der Waals surface area contributed by atoms with Gasteiger partial charge in [-0.15, -0.1) is 0 Å². The Kier molecular flexibility index (Phi) is 10.2. The maximum Gasteiger partial charge on any atom is 0.224 e. The van der Waals surface area contributed by atoms with Gasteiger partial charge in [-0.2, -0.15) is 0 Å². The second-order valence-corrected chi connectivity index (χ2v) is 10.7. The van der Waals surface area contributed by atoms with Crippen LogP contribution in [0.3, 0.4) is 0 Å². The molecular formula is C32H38FNO4. The quantitative estimate of drug-likeness (QED) is 0.480. The van der Waals surface area contributed by atoms with Crippen molar-refractivity contribution in [2.24, 2.45) is 11.8 Å². The van der Waals surface area contributed by atoms with Crippen molar-refractivity contribution in [1.29, 1.82) is 0 Å². The molecule has 5 nitrogen and oxygen atoms in total. The molecule has 202 valence electrons. The highest BCUT2D eigenvalue weighted by molar-refractivity contribution is 5.92. The summed E-state index contributed by atoms with van der Waals surface area (Å²) in [6, 6.07) is 13.3. The van der Waals surface area contributed by atoms with E-state index in [1.54, 1.807) is 12.1 Å². The van der Waals surface area contributed by atoms with Crippen LogP contribution >= 0.6 is 0 Å². The van der Waals surface area contributed by atoms with Crippen molar-refractivity contribution in [1.82, 2.24) is 5.32 Å². The third-order valence-electron chi connectivity index (χ3n) is 7.68. The van der Waals surface area contributed by atoms with Gasteiger partial charge < -0.3 is 10.1 Å². The van der Waals surface area contributed by atoms with Crippen LogP contribution < -0.4 is 10.1 Å². The van der Waals surface area contributed by atoms with Gasteiger partial charge in [0, 0.05) is 25.2 Å². The summed E-state index contributed by atoms with van der Waals surface area (Å²) in [6.07, 6.45) is 11.1. The summed E-state index contributed by atoms with van der Waals surface area (Å²) in [5, 5.41) is 3.00. The number of amides is 1. The van der Waals surface area contributed by atoms with Crippen LogP contribution in [0.2, 0.25) is 0 Å². The van der Waals surface area contributed by atoms with E-state index in [-0.39, 0.29) is 29.7 Å². The number of rotatable bonds is 6. The van der Waals surface area contributed by atoms with Crippen LogP contribution in [0.5, 0.6) is 5.75 Å². The minimum atomic E-state index is -0.626. The molecule has 6 heteroatoms. The number of benzene rings is 2. The van der Waals surface area contributed by atoms with E-state index >= 15 is 0 Å². The second-order valence-electron chi connectivity index (χ2n) is 10.7. The maximum atomic E-state index is 13.5. The lowest BCUT2D eigenvalue weighted by atomic mass is 9.90. The van der Waals surface area contributed by atoms with E-state index in [0.717, 1.165) is 42.6 Å². The third kappa shape index (κ3) is 8.64. The lowest BCUT2D eigenvalue weighted by molar-refractivity contribution is -0.132. The fourth-order valence-electron chi connectivity index (χ4n) is 5.42. The molecule has 1 N–H and O–H groups in total. The fraction of sp³-hybridized carbons (Fsp3) is 0.469. The number of ether oxygens (including phenoxy) is 1. The summed E-state index contributed by atoms with van der Waals surface area (Å²) in [7, 11) is 0. The first-order chi connectivity index (χ1) is 18.5. The van der Waals surface area contributed by atoms with Crippen LogP contribution in [0.15, 0.2) is 60.7 Å². The summed E-state index contributed by atoms with van der Waals surface area (Å²) < 4.78 is 19.2. The highest BCUT2D eigenvalue weighted by atomic mass is 19.1. The molecule has 0 radical (unpaired) electrons. The Bertz CT molecular complexity index is 1120. The van der Waals surface area contributed by atoms with Crippen LogP contribution in [0.4, 0.5) is 4.39 Å². The molecule has 1 amide bonds. The van der Waals surface area contributed by atoms with E-state index in [0.29, 0.717) is 51.0 Å². The van der Waals surface area contributed by atoms with Gasteiger partial charge in [-0.3, -0.25) is 14.4 Å². The molecule has 0 saturated heterocycles. The molecule has 2 aromatic rings. The van der Waals surface area contributed by atoms with Crippen LogP contribution in [0, 0.1) is 17.7 Å². The van der Waals surface area contributed by atoms with E-state index < -0.39 is 12.0 Å². The average Bonchev–Trinajstić information content (AvgIpc) is 3.42. The summed E-state index contributed by atoms with van der Waals surface area (Å²) in [4.78, 5) is 39.7. The first kappa shape index (κ1) is 27.7. The molecule has 1 aliphatic carbocycles. The van der Waals surface area contributed by atoms with Crippen molar-refractivity contribution in [3.63, 3.8) is 0 Å². The number of carbonyl (C=O) groups is 3. The minimum absolute atomic E-state index is 0.0106. The first-order valence-electron chi connectivity index (χ1n) is 13.9. The van der Waals surface area contributed by atoms with Crippen molar-refractivity contribution >= 4 is 17.5 Å². The predicted molar refractivity (Wildman–Crippen MR) is 145 cm³/mol. The Balaban J connectivity index is 1.51. The Morgan fingerprint density at radius 2 is 1.79 bits per heavy atom. The van der Waals surface area contributed by atoms with Gasteiger partial charge in [0.15, 0.2) is 5.78 Å². The third-order valence-corrected chi connectivity index (χ3v) is 7.68. The summed E-state index contributed by atoms with van der Waals surface area (Å²) in [6.45, 7) is 0.361. The molecular weight excluding hydrogens is 481 g/mol. The smallest absolute Gasteiger partial charge is 0.224 e. The van der Waals surface area contributed by atoms with E-state index in [1.165, 1.54) is 12.1 Å². The number of ketones is 2. The average molecular weight is 520 g/mol. The number of nitrogens with one attached hydrogen (secondary N) is 1. The number of hydrogen-bond acceptors (Lipinski definition) is 4. The Labute approximate surface area is 224 Å². The maximum absolute atomic E-state index is 13.5. The zero-order valence-corrected chi connectivity index (χ0v) is 22.0. The zero-order valence-electron chi connectivity index (χ0n) is 22.0. The van der Waals surface area contributed by atoms with Crippen molar-refractivity contribution in [3.8, 4) is 5.75 Å². The topological polar surface area (TPSA) is 72.5 Å².